The summed E-state index contributed by atoms with van der Waals surface area (Å²) < 4.78 is 1.78. The summed E-state index contributed by atoms with van der Waals surface area (Å²) in [5.74, 6) is -0.975. The number of aromatic nitrogens is 1. The van der Waals surface area contributed by atoms with E-state index in [9.17, 15) is 4.79 Å². The van der Waals surface area contributed by atoms with Gasteiger partial charge in [-0.2, -0.15) is 0 Å². The number of nitrogens with zero attached hydrogens (tertiary/aromatic N) is 1. The molecule has 0 bridgehead atoms. The average Bonchev–Trinajstić information content (AvgIpc) is 2.49. The smallest absolute Gasteiger partial charge is 0.328 e. The van der Waals surface area contributed by atoms with Crippen molar-refractivity contribution in [3.63, 3.8) is 0 Å². The summed E-state index contributed by atoms with van der Waals surface area (Å²) in [5, 5.41) is 17.1. The molecular weight excluding hydrogens is 170 g/mol. The Balaban J connectivity index is 2.75. The fraction of sp³-hybridized carbons (Fsp3) is 0.222. The van der Waals surface area contributed by atoms with Crippen molar-refractivity contribution in [1.29, 1.82) is 0 Å². The fourth-order valence-electron chi connectivity index (χ4n) is 1.05. The van der Waals surface area contributed by atoms with Gasteiger partial charge >= 0.3 is 5.97 Å². The number of carboxylic acid groups (broad SMARTS) is 1. The maximum atomic E-state index is 10.2. The zero-order valence-corrected chi connectivity index (χ0v) is 7.05. The van der Waals surface area contributed by atoms with Gasteiger partial charge in [-0.25, -0.2) is 4.79 Å². The summed E-state index contributed by atoms with van der Waals surface area (Å²) in [6.07, 6.45) is 4.36. The van der Waals surface area contributed by atoms with Gasteiger partial charge in [-0.3, -0.25) is 0 Å². The first-order chi connectivity index (χ1) is 6.24. The highest BCUT2D eigenvalue weighted by Gasteiger charge is 1.96. The van der Waals surface area contributed by atoms with Gasteiger partial charge in [0, 0.05) is 24.5 Å². The van der Waals surface area contributed by atoms with Crippen LogP contribution in [0.5, 0.6) is 0 Å². The molecule has 0 radical (unpaired) electrons. The molecule has 0 amide bonds. The third-order valence-corrected chi connectivity index (χ3v) is 1.60. The van der Waals surface area contributed by atoms with Crippen molar-refractivity contribution in [2.45, 2.75) is 6.54 Å². The van der Waals surface area contributed by atoms with E-state index in [2.05, 4.69) is 0 Å². The third-order valence-electron chi connectivity index (χ3n) is 1.60. The van der Waals surface area contributed by atoms with E-state index in [0.717, 1.165) is 11.8 Å². The van der Waals surface area contributed by atoms with Crippen molar-refractivity contribution >= 4 is 12.0 Å². The quantitative estimate of drug-likeness (QED) is 0.668. The molecule has 2 N–H and O–H groups in total. The summed E-state index contributed by atoms with van der Waals surface area (Å²) in [6, 6.07) is 3.59. The third kappa shape index (κ3) is 2.76. The molecule has 0 aliphatic heterocycles. The second kappa shape index (κ2) is 4.47. The summed E-state index contributed by atoms with van der Waals surface area (Å²) in [6.45, 7) is 0.523. The fourth-order valence-corrected chi connectivity index (χ4v) is 1.05. The van der Waals surface area contributed by atoms with Gasteiger partial charge < -0.3 is 14.8 Å². The van der Waals surface area contributed by atoms with Gasteiger partial charge in [-0.15, -0.1) is 0 Å². The minimum absolute atomic E-state index is 0.0442. The Morgan fingerprint density at radius 3 is 3.00 bits per heavy atom. The van der Waals surface area contributed by atoms with Gasteiger partial charge in [-0.1, -0.05) is 0 Å². The van der Waals surface area contributed by atoms with Gasteiger partial charge in [0.05, 0.1) is 6.61 Å². The Bertz CT molecular complexity index is 314. The Kier molecular flexibility index (Phi) is 3.28. The van der Waals surface area contributed by atoms with Crippen LogP contribution in [-0.4, -0.2) is 27.4 Å². The van der Waals surface area contributed by atoms with E-state index in [1.54, 1.807) is 22.9 Å². The lowest BCUT2D eigenvalue weighted by atomic mass is 10.3. The standard InChI is InChI=1S/C9H11NO3/c11-7-6-10-5-1-2-8(10)3-4-9(12)13/h1-5,11H,6-7H2,(H,12,13)/b4-3+. The Morgan fingerprint density at radius 2 is 2.38 bits per heavy atom. The van der Waals surface area contributed by atoms with Crippen molar-refractivity contribution in [2.75, 3.05) is 6.61 Å². The van der Waals surface area contributed by atoms with Crippen LogP contribution in [0.25, 0.3) is 6.08 Å². The predicted octanol–water partition coefficient (Wildman–Crippen LogP) is 0.578. The topological polar surface area (TPSA) is 62.5 Å². The first kappa shape index (κ1) is 9.54. The summed E-state index contributed by atoms with van der Waals surface area (Å²) in [7, 11) is 0. The van der Waals surface area contributed by atoms with Crippen LogP contribution < -0.4 is 0 Å². The molecule has 4 heteroatoms. The van der Waals surface area contributed by atoms with Crippen molar-refractivity contribution < 1.29 is 15.0 Å². The van der Waals surface area contributed by atoms with Gasteiger partial charge in [-0.05, 0) is 18.2 Å². The SMILES string of the molecule is O=C(O)/C=C/c1cccn1CCO. The lowest BCUT2D eigenvalue weighted by Gasteiger charge is -2.01. The first-order valence-electron chi connectivity index (χ1n) is 3.91. The normalized spacial score (nSPS) is 10.8. The molecule has 0 aliphatic carbocycles. The van der Waals surface area contributed by atoms with Crippen LogP contribution in [0.4, 0.5) is 0 Å². The van der Waals surface area contributed by atoms with E-state index < -0.39 is 5.97 Å². The number of hydrogen-bond donors (Lipinski definition) is 2. The minimum atomic E-state index is -0.975. The number of carboxylic acids is 1. The van der Waals surface area contributed by atoms with Gasteiger partial charge in [0.25, 0.3) is 0 Å². The lowest BCUT2D eigenvalue weighted by molar-refractivity contribution is -0.131. The van der Waals surface area contributed by atoms with Crippen LogP contribution in [-0.2, 0) is 11.3 Å². The zero-order chi connectivity index (χ0) is 9.68. The Hall–Kier alpha value is -1.55. The summed E-state index contributed by atoms with van der Waals surface area (Å²) in [4.78, 5) is 10.2. The van der Waals surface area contributed by atoms with Gasteiger partial charge in [0.15, 0.2) is 0 Å². The van der Waals surface area contributed by atoms with Crippen LogP contribution >= 0.6 is 0 Å². The zero-order valence-electron chi connectivity index (χ0n) is 7.05. The molecule has 4 nitrogen and oxygen atoms in total. The second-order valence-electron chi connectivity index (χ2n) is 2.52. The largest absolute Gasteiger partial charge is 0.478 e. The van der Waals surface area contributed by atoms with Crippen molar-refractivity contribution in [2.24, 2.45) is 0 Å². The monoisotopic (exact) mass is 181 g/mol. The summed E-state index contributed by atoms with van der Waals surface area (Å²) in [5.41, 5.74) is 0.774. The van der Waals surface area contributed by atoms with Crippen LogP contribution in [0.1, 0.15) is 5.69 Å². The van der Waals surface area contributed by atoms with Gasteiger partial charge in [0.1, 0.15) is 0 Å². The number of rotatable bonds is 4. The molecule has 0 spiro atoms. The highest BCUT2D eigenvalue weighted by atomic mass is 16.4. The van der Waals surface area contributed by atoms with E-state index in [-0.39, 0.29) is 6.61 Å². The molecule has 1 aromatic rings. The predicted molar refractivity (Wildman–Crippen MR) is 48.2 cm³/mol. The van der Waals surface area contributed by atoms with E-state index in [1.165, 1.54) is 6.08 Å². The van der Waals surface area contributed by atoms with Crippen LogP contribution in [0.15, 0.2) is 24.4 Å². The molecule has 0 saturated heterocycles. The molecule has 0 aliphatic rings. The van der Waals surface area contributed by atoms with Crippen molar-refractivity contribution in [3.05, 3.63) is 30.1 Å². The molecule has 1 aromatic heterocycles. The molecule has 0 fully saturated rings. The van der Waals surface area contributed by atoms with Crippen molar-refractivity contribution in [3.8, 4) is 0 Å². The highest BCUT2D eigenvalue weighted by molar-refractivity contribution is 5.84. The maximum Gasteiger partial charge on any atom is 0.328 e. The van der Waals surface area contributed by atoms with E-state index in [1.807, 2.05) is 0 Å². The van der Waals surface area contributed by atoms with Crippen LogP contribution in [0.3, 0.4) is 0 Å². The molecule has 1 rings (SSSR count). The maximum absolute atomic E-state index is 10.2. The number of aliphatic hydroxyl groups excluding tert-OH is 1. The molecule has 0 aromatic carbocycles. The number of aliphatic carboxylic acids is 1. The van der Waals surface area contributed by atoms with E-state index >= 15 is 0 Å². The average molecular weight is 181 g/mol. The Labute approximate surface area is 75.7 Å². The molecule has 0 saturated carbocycles. The van der Waals surface area contributed by atoms with Crippen LogP contribution in [0.2, 0.25) is 0 Å². The number of aliphatic hydroxyl groups is 1. The summed E-state index contributed by atoms with van der Waals surface area (Å²) >= 11 is 0. The number of carbonyl (C=O) groups is 1. The lowest BCUT2D eigenvalue weighted by Crippen LogP contribution is -2.02. The molecule has 1 heterocycles. The molecule has 13 heavy (non-hydrogen) atoms. The number of hydrogen-bond acceptors (Lipinski definition) is 2. The highest BCUT2D eigenvalue weighted by Crippen LogP contribution is 2.04. The van der Waals surface area contributed by atoms with Gasteiger partial charge in [0.2, 0.25) is 0 Å². The van der Waals surface area contributed by atoms with Crippen molar-refractivity contribution in [1.82, 2.24) is 4.57 Å². The first-order valence-corrected chi connectivity index (χ1v) is 3.91. The minimum Gasteiger partial charge on any atom is -0.478 e. The molecular formula is C9H11NO3. The molecule has 0 atom stereocenters. The molecule has 0 unspecified atom stereocenters. The Morgan fingerprint density at radius 1 is 1.62 bits per heavy atom. The molecule has 70 valence electrons. The van der Waals surface area contributed by atoms with Crippen LogP contribution in [0, 0.1) is 0 Å². The van der Waals surface area contributed by atoms with E-state index in [0.29, 0.717) is 6.54 Å². The van der Waals surface area contributed by atoms with E-state index in [4.69, 9.17) is 10.2 Å². The second-order valence-corrected chi connectivity index (χ2v) is 2.52.